The molecule has 31 heavy (non-hydrogen) atoms. The number of anilines is 2. The summed E-state index contributed by atoms with van der Waals surface area (Å²) < 4.78 is 6.10. The van der Waals surface area contributed by atoms with Gasteiger partial charge in [-0.3, -0.25) is 4.98 Å². The van der Waals surface area contributed by atoms with Gasteiger partial charge in [0.15, 0.2) is 5.58 Å². The fourth-order valence-corrected chi connectivity index (χ4v) is 4.55. The highest BCUT2D eigenvalue weighted by Crippen LogP contribution is 2.39. The van der Waals surface area contributed by atoms with Crippen LogP contribution in [0.25, 0.3) is 22.3 Å². The lowest BCUT2D eigenvalue weighted by atomic mass is 10.00. The number of aryl methyl sites for hydroxylation is 1. The fraction of sp³-hybridized carbons (Fsp3) is 0.522. The van der Waals surface area contributed by atoms with Crippen molar-refractivity contribution in [2.75, 3.05) is 17.2 Å². The van der Waals surface area contributed by atoms with Gasteiger partial charge in [0.05, 0.1) is 11.8 Å². The highest BCUT2D eigenvalue weighted by atomic mass is 35.5. The molecule has 8 heteroatoms. The summed E-state index contributed by atoms with van der Waals surface area (Å²) in [4.78, 5) is 13.6. The number of hydrogen-bond donors (Lipinski definition) is 3. The Labute approximate surface area is 187 Å². The van der Waals surface area contributed by atoms with E-state index in [1.54, 1.807) is 6.20 Å². The number of pyridine rings is 1. The number of rotatable bonds is 7. The molecule has 3 aromatic rings. The van der Waals surface area contributed by atoms with E-state index in [9.17, 15) is 5.11 Å². The first-order valence-corrected chi connectivity index (χ1v) is 11.4. The second-order valence-corrected chi connectivity index (χ2v) is 9.13. The summed E-state index contributed by atoms with van der Waals surface area (Å²) in [5.74, 6) is 2.46. The summed E-state index contributed by atoms with van der Waals surface area (Å²) in [7, 11) is 0. The molecular formula is C23H30ClN5O2. The zero-order valence-electron chi connectivity index (χ0n) is 18.4. The van der Waals surface area contributed by atoms with Crippen LogP contribution >= 0.6 is 11.6 Å². The molecule has 3 heterocycles. The number of nitrogens with one attached hydrogen (secondary N) is 2. The van der Waals surface area contributed by atoms with Crippen molar-refractivity contribution >= 4 is 34.3 Å². The van der Waals surface area contributed by atoms with Crippen molar-refractivity contribution in [2.45, 2.75) is 59.0 Å². The molecule has 0 amide bonds. The molecule has 0 aromatic carbocycles. The summed E-state index contributed by atoms with van der Waals surface area (Å²) in [5.41, 5.74) is 2.35. The Morgan fingerprint density at radius 1 is 1.26 bits per heavy atom. The summed E-state index contributed by atoms with van der Waals surface area (Å²) in [6.45, 7) is 8.51. The van der Waals surface area contributed by atoms with Gasteiger partial charge in [0.2, 0.25) is 5.95 Å². The number of aromatic nitrogens is 3. The van der Waals surface area contributed by atoms with Gasteiger partial charge in [-0.15, -0.1) is 0 Å². The van der Waals surface area contributed by atoms with Crippen LogP contribution < -0.4 is 10.6 Å². The monoisotopic (exact) mass is 443 g/mol. The van der Waals surface area contributed by atoms with E-state index in [0.717, 1.165) is 30.3 Å². The molecule has 166 valence electrons. The number of halogens is 1. The average Bonchev–Trinajstić information content (AvgIpc) is 3.28. The first-order chi connectivity index (χ1) is 14.9. The van der Waals surface area contributed by atoms with E-state index in [0.29, 0.717) is 39.7 Å². The molecule has 1 fully saturated rings. The van der Waals surface area contributed by atoms with Crippen LogP contribution in [0.3, 0.4) is 0 Å². The summed E-state index contributed by atoms with van der Waals surface area (Å²) in [6, 6.07) is 4.37. The van der Waals surface area contributed by atoms with Crippen LogP contribution in [-0.4, -0.2) is 38.7 Å². The standard InChI is InChI=1S/C23H30ClN5O2/c1-5-16-7-14-9-18(31-19(14)10-25-16)20-21(24)28-23(26-12(2)3)29-22(20)27-17-6-13(4)15(8-17)11-30/h7,9-10,12-13,15,17,30H,5-6,8,11H2,1-4H3,(H2,26,27,28,29)/t13-,15+,17-/m0/s1. The molecule has 0 saturated heterocycles. The minimum absolute atomic E-state index is 0.171. The van der Waals surface area contributed by atoms with Crippen LogP contribution in [0.4, 0.5) is 11.8 Å². The van der Waals surface area contributed by atoms with E-state index in [4.69, 9.17) is 21.0 Å². The van der Waals surface area contributed by atoms with Crippen LogP contribution in [0.5, 0.6) is 0 Å². The van der Waals surface area contributed by atoms with Crippen molar-refractivity contribution in [2.24, 2.45) is 11.8 Å². The minimum Gasteiger partial charge on any atom is -0.454 e. The van der Waals surface area contributed by atoms with Crippen LogP contribution in [0, 0.1) is 11.8 Å². The Morgan fingerprint density at radius 3 is 2.74 bits per heavy atom. The van der Waals surface area contributed by atoms with Crippen molar-refractivity contribution in [3.05, 3.63) is 29.2 Å². The highest BCUT2D eigenvalue weighted by Gasteiger charge is 2.32. The molecule has 0 aliphatic heterocycles. The first kappa shape index (κ1) is 21.8. The maximum absolute atomic E-state index is 9.66. The SMILES string of the molecule is CCc1cc2cc(-c3c(Cl)nc(NC(C)C)nc3N[C@@H]3C[C@H](CO)[C@@H](C)C3)oc2cn1. The van der Waals surface area contributed by atoms with Crippen LogP contribution in [0.1, 0.15) is 46.2 Å². The number of fused-ring (bicyclic) bond motifs is 1. The third kappa shape index (κ3) is 4.62. The van der Waals surface area contributed by atoms with E-state index in [1.165, 1.54) is 0 Å². The number of hydrogen-bond acceptors (Lipinski definition) is 7. The molecule has 3 aromatic heterocycles. The van der Waals surface area contributed by atoms with Gasteiger partial charge in [0.25, 0.3) is 0 Å². The lowest BCUT2D eigenvalue weighted by molar-refractivity contribution is 0.201. The Hall–Kier alpha value is -2.38. The second-order valence-electron chi connectivity index (χ2n) is 8.77. The van der Waals surface area contributed by atoms with E-state index >= 15 is 0 Å². The zero-order chi connectivity index (χ0) is 22.1. The topological polar surface area (TPSA) is 96.1 Å². The minimum atomic E-state index is 0.171. The smallest absolute Gasteiger partial charge is 0.226 e. The van der Waals surface area contributed by atoms with Gasteiger partial charge in [-0.1, -0.05) is 25.4 Å². The summed E-state index contributed by atoms with van der Waals surface area (Å²) in [6.07, 6.45) is 4.45. The lowest BCUT2D eigenvalue weighted by Gasteiger charge is -2.18. The molecule has 3 N–H and O–H groups in total. The van der Waals surface area contributed by atoms with E-state index in [2.05, 4.69) is 34.4 Å². The molecule has 0 bridgehead atoms. The quantitative estimate of drug-likeness (QED) is 0.435. The maximum atomic E-state index is 9.66. The van der Waals surface area contributed by atoms with Crippen molar-refractivity contribution in [1.82, 2.24) is 15.0 Å². The van der Waals surface area contributed by atoms with E-state index in [-0.39, 0.29) is 24.6 Å². The Morgan fingerprint density at radius 2 is 2.06 bits per heavy atom. The molecule has 0 unspecified atom stereocenters. The van der Waals surface area contributed by atoms with Gasteiger partial charge in [-0.2, -0.15) is 4.98 Å². The molecule has 4 rings (SSSR count). The third-order valence-electron chi connectivity index (χ3n) is 5.98. The number of furan rings is 1. The molecule has 0 radical (unpaired) electrons. The molecular weight excluding hydrogens is 414 g/mol. The Kier molecular flexibility index (Phi) is 6.34. The molecule has 1 saturated carbocycles. The number of aliphatic hydroxyl groups is 1. The fourth-order valence-electron chi connectivity index (χ4n) is 4.29. The van der Waals surface area contributed by atoms with Crippen LogP contribution in [-0.2, 0) is 6.42 Å². The number of nitrogens with zero attached hydrogens (tertiary/aromatic N) is 3. The predicted molar refractivity (Wildman–Crippen MR) is 125 cm³/mol. The van der Waals surface area contributed by atoms with E-state index in [1.807, 2.05) is 26.0 Å². The number of aliphatic hydroxyl groups excluding tert-OH is 1. The van der Waals surface area contributed by atoms with Gasteiger partial charge < -0.3 is 20.2 Å². The molecule has 7 nitrogen and oxygen atoms in total. The van der Waals surface area contributed by atoms with Gasteiger partial charge >= 0.3 is 0 Å². The van der Waals surface area contributed by atoms with Gasteiger partial charge in [0, 0.05) is 29.8 Å². The van der Waals surface area contributed by atoms with Crippen LogP contribution in [0.15, 0.2) is 22.7 Å². The Bertz CT molecular complexity index is 1070. The normalized spacial score (nSPS) is 21.2. The predicted octanol–water partition coefficient (Wildman–Crippen LogP) is 5.14. The van der Waals surface area contributed by atoms with E-state index < -0.39 is 0 Å². The summed E-state index contributed by atoms with van der Waals surface area (Å²) in [5, 5.41) is 17.8. The largest absolute Gasteiger partial charge is 0.454 e. The average molecular weight is 444 g/mol. The van der Waals surface area contributed by atoms with Gasteiger partial charge in [-0.25, -0.2) is 4.98 Å². The molecule has 3 atom stereocenters. The van der Waals surface area contributed by atoms with Gasteiger partial charge in [0.1, 0.15) is 16.7 Å². The van der Waals surface area contributed by atoms with Crippen LogP contribution in [0.2, 0.25) is 5.15 Å². The molecule has 1 aliphatic carbocycles. The van der Waals surface area contributed by atoms with Crippen molar-refractivity contribution in [3.63, 3.8) is 0 Å². The first-order valence-electron chi connectivity index (χ1n) is 11.0. The second kappa shape index (κ2) is 9.01. The van der Waals surface area contributed by atoms with Crippen molar-refractivity contribution < 1.29 is 9.52 Å². The zero-order valence-corrected chi connectivity index (χ0v) is 19.2. The molecule has 0 spiro atoms. The third-order valence-corrected chi connectivity index (χ3v) is 6.25. The molecule has 1 aliphatic rings. The van der Waals surface area contributed by atoms with Crippen molar-refractivity contribution in [3.8, 4) is 11.3 Å². The Balaban J connectivity index is 1.75. The van der Waals surface area contributed by atoms with Crippen molar-refractivity contribution in [1.29, 1.82) is 0 Å². The van der Waals surface area contributed by atoms with Gasteiger partial charge in [-0.05, 0) is 57.1 Å². The lowest BCUT2D eigenvalue weighted by Crippen LogP contribution is -2.20. The summed E-state index contributed by atoms with van der Waals surface area (Å²) >= 11 is 6.66. The maximum Gasteiger partial charge on any atom is 0.226 e. The highest BCUT2D eigenvalue weighted by molar-refractivity contribution is 6.32.